The summed E-state index contributed by atoms with van der Waals surface area (Å²) in [6.45, 7) is 1.95. The van der Waals surface area contributed by atoms with Crippen LogP contribution in [-0.2, 0) is 12.4 Å². The second kappa shape index (κ2) is 9.00. The van der Waals surface area contributed by atoms with Crippen LogP contribution in [-0.4, -0.2) is 27.0 Å². The van der Waals surface area contributed by atoms with Gasteiger partial charge in [0.2, 0.25) is 0 Å². The normalized spacial score (nSPS) is 10.9. The molecule has 0 unspecified atom stereocenters. The second-order valence-corrected chi connectivity index (χ2v) is 7.31. The summed E-state index contributed by atoms with van der Waals surface area (Å²) in [5, 5.41) is 13.0. The van der Waals surface area contributed by atoms with Gasteiger partial charge in [0.05, 0.1) is 18.5 Å². The molecule has 0 bridgehead atoms. The maximum Gasteiger partial charge on any atom is 0.196 e. The van der Waals surface area contributed by atoms with Gasteiger partial charge in [-0.2, -0.15) is 0 Å². The van der Waals surface area contributed by atoms with Crippen LogP contribution in [0.4, 0.5) is 4.39 Å². The van der Waals surface area contributed by atoms with Crippen molar-refractivity contribution in [3.8, 4) is 17.2 Å². The van der Waals surface area contributed by atoms with Crippen LogP contribution in [0, 0.1) is 12.7 Å². The Morgan fingerprint density at radius 2 is 1.83 bits per heavy atom. The van der Waals surface area contributed by atoms with Crippen molar-refractivity contribution in [2.45, 2.75) is 24.4 Å². The standard InChI is InChI=1S/C21H19FN4O3S/c1-14-11-15(25-29-14)13-30-21-24-23-20(26(21)19-6-4-3-5-18(19)22)12-28-17-9-7-16(27-2)8-10-17/h3-11H,12-13H2,1-2H3. The van der Waals surface area contributed by atoms with E-state index in [9.17, 15) is 4.39 Å². The molecule has 0 saturated carbocycles. The maximum atomic E-state index is 14.6. The third-order valence-electron chi connectivity index (χ3n) is 4.25. The Morgan fingerprint density at radius 3 is 2.53 bits per heavy atom. The van der Waals surface area contributed by atoms with E-state index in [-0.39, 0.29) is 12.4 Å². The van der Waals surface area contributed by atoms with Crippen LogP contribution in [0.1, 0.15) is 17.3 Å². The zero-order chi connectivity index (χ0) is 20.9. The number of benzene rings is 2. The molecule has 2 aromatic heterocycles. The fourth-order valence-corrected chi connectivity index (χ4v) is 3.65. The van der Waals surface area contributed by atoms with Crippen molar-refractivity contribution in [1.82, 2.24) is 19.9 Å². The Labute approximate surface area is 176 Å². The molecular weight excluding hydrogens is 407 g/mol. The number of aryl methyl sites for hydroxylation is 1. The van der Waals surface area contributed by atoms with Crippen molar-refractivity contribution in [1.29, 1.82) is 0 Å². The molecule has 30 heavy (non-hydrogen) atoms. The largest absolute Gasteiger partial charge is 0.497 e. The first-order chi connectivity index (χ1) is 14.6. The van der Waals surface area contributed by atoms with Gasteiger partial charge in [-0.1, -0.05) is 29.1 Å². The number of para-hydroxylation sites is 1. The molecule has 0 saturated heterocycles. The van der Waals surface area contributed by atoms with Crippen LogP contribution < -0.4 is 9.47 Å². The Bertz CT molecular complexity index is 1130. The third-order valence-corrected chi connectivity index (χ3v) is 5.21. The first-order valence-electron chi connectivity index (χ1n) is 9.15. The van der Waals surface area contributed by atoms with Crippen LogP contribution in [0.15, 0.2) is 64.3 Å². The Balaban J connectivity index is 1.59. The van der Waals surface area contributed by atoms with Gasteiger partial charge in [0.15, 0.2) is 11.0 Å². The lowest BCUT2D eigenvalue weighted by Crippen LogP contribution is -2.08. The Morgan fingerprint density at radius 1 is 1.07 bits per heavy atom. The van der Waals surface area contributed by atoms with Gasteiger partial charge in [0.1, 0.15) is 29.7 Å². The topological polar surface area (TPSA) is 75.2 Å². The molecule has 0 aliphatic rings. The quantitative estimate of drug-likeness (QED) is 0.382. The van der Waals surface area contributed by atoms with Crippen molar-refractivity contribution in [3.05, 3.63) is 77.7 Å². The van der Waals surface area contributed by atoms with Gasteiger partial charge in [0, 0.05) is 11.8 Å². The van der Waals surface area contributed by atoms with Crippen molar-refractivity contribution in [3.63, 3.8) is 0 Å². The fraction of sp³-hybridized carbons (Fsp3) is 0.190. The van der Waals surface area contributed by atoms with Crippen LogP contribution in [0.25, 0.3) is 5.69 Å². The highest BCUT2D eigenvalue weighted by Gasteiger charge is 2.18. The average molecular weight is 426 g/mol. The highest BCUT2D eigenvalue weighted by atomic mass is 32.2. The van der Waals surface area contributed by atoms with E-state index in [1.807, 2.05) is 13.0 Å². The summed E-state index contributed by atoms with van der Waals surface area (Å²) in [6.07, 6.45) is 0. The molecule has 0 atom stereocenters. The van der Waals surface area contributed by atoms with Crippen LogP contribution in [0.5, 0.6) is 11.5 Å². The van der Waals surface area contributed by atoms with E-state index in [4.69, 9.17) is 14.0 Å². The molecule has 0 aliphatic heterocycles. The number of rotatable bonds is 8. The van der Waals surface area contributed by atoms with E-state index in [2.05, 4.69) is 15.4 Å². The van der Waals surface area contributed by atoms with E-state index in [1.165, 1.54) is 17.8 Å². The number of aromatic nitrogens is 4. The molecule has 0 amide bonds. The Kier molecular flexibility index (Phi) is 5.99. The zero-order valence-corrected chi connectivity index (χ0v) is 17.2. The molecule has 0 aliphatic carbocycles. The smallest absolute Gasteiger partial charge is 0.196 e. The van der Waals surface area contributed by atoms with Gasteiger partial charge in [-0.25, -0.2) is 4.39 Å². The number of hydrogen-bond donors (Lipinski definition) is 0. The van der Waals surface area contributed by atoms with Gasteiger partial charge in [-0.15, -0.1) is 10.2 Å². The number of hydrogen-bond acceptors (Lipinski definition) is 7. The van der Waals surface area contributed by atoms with Gasteiger partial charge >= 0.3 is 0 Å². The number of thioether (sulfide) groups is 1. The maximum absolute atomic E-state index is 14.6. The van der Waals surface area contributed by atoms with Gasteiger partial charge in [0.25, 0.3) is 0 Å². The van der Waals surface area contributed by atoms with Gasteiger partial charge < -0.3 is 14.0 Å². The molecule has 0 fully saturated rings. The summed E-state index contributed by atoms with van der Waals surface area (Å²) >= 11 is 1.39. The molecule has 4 rings (SSSR count). The molecule has 0 N–H and O–H groups in total. The number of nitrogens with zero attached hydrogens (tertiary/aromatic N) is 4. The highest BCUT2D eigenvalue weighted by molar-refractivity contribution is 7.98. The lowest BCUT2D eigenvalue weighted by Gasteiger charge is -2.12. The molecule has 9 heteroatoms. The molecule has 0 radical (unpaired) electrons. The SMILES string of the molecule is COc1ccc(OCc2nnc(SCc3cc(C)on3)n2-c2ccccc2F)cc1. The first-order valence-corrected chi connectivity index (χ1v) is 10.1. The minimum absolute atomic E-state index is 0.122. The Hall–Kier alpha value is -3.33. The van der Waals surface area contributed by atoms with E-state index in [0.717, 1.165) is 17.2 Å². The van der Waals surface area contributed by atoms with Crippen LogP contribution in [0.3, 0.4) is 0 Å². The molecule has 7 nitrogen and oxygen atoms in total. The second-order valence-electron chi connectivity index (χ2n) is 6.37. The number of methoxy groups -OCH3 is 1. The highest BCUT2D eigenvalue weighted by Crippen LogP contribution is 2.27. The number of ether oxygens (including phenoxy) is 2. The van der Waals surface area contributed by atoms with Crippen molar-refractivity contribution >= 4 is 11.8 Å². The molecule has 0 spiro atoms. The summed E-state index contributed by atoms with van der Waals surface area (Å²) in [5.74, 6) is 2.74. The van der Waals surface area contributed by atoms with Crippen LogP contribution in [0.2, 0.25) is 0 Å². The monoisotopic (exact) mass is 426 g/mol. The first kappa shape index (κ1) is 20.0. The van der Waals surface area contributed by atoms with E-state index in [0.29, 0.717) is 28.2 Å². The lowest BCUT2D eigenvalue weighted by molar-refractivity contribution is 0.292. The van der Waals surface area contributed by atoms with E-state index in [1.54, 1.807) is 54.1 Å². The third kappa shape index (κ3) is 4.46. The lowest BCUT2D eigenvalue weighted by atomic mass is 10.3. The molecule has 2 heterocycles. The van der Waals surface area contributed by atoms with Crippen molar-refractivity contribution < 1.29 is 18.4 Å². The fourth-order valence-electron chi connectivity index (χ4n) is 2.81. The van der Waals surface area contributed by atoms with Gasteiger partial charge in [-0.3, -0.25) is 4.57 Å². The predicted molar refractivity (Wildman–Crippen MR) is 109 cm³/mol. The summed E-state index contributed by atoms with van der Waals surface area (Å²) in [7, 11) is 1.60. The van der Waals surface area contributed by atoms with Crippen molar-refractivity contribution in [2.75, 3.05) is 7.11 Å². The minimum atomic E-state index is -0.373. The average Bonchev–Trinajstić information content (AvgIpc) is 3.37. The van der Waals surface area contributed by atoms with E-state index >= 15 is 0 Å². The number of halogens is 1. The predicted octanol–water partition coefficient (Wildman–Crippen LogP) is 4.58. The van der Waals surface area contributed by atoms with E-state index < -0.39 is 0 Å². The summed E-state index contributed by atoms with van der Waals surface area (Å²) in [4.78, 5) is 0. The summed E-state index contributed by atoms with van der Waals surface area (Å²) in [6, 6.07) is 15.5. The minimum Gasteiger partial charge on any atom is -0.497 e. The molecule has 2 aromatic carbocycles. The molecule has 154 valence electrons. The van der Waals surface area contributed by atoms with Gasteiger partial charge in [-0.05, 0) is 43.3 Å². The zero-order valence-electron chi connectivity index (χ0n) is 16.4. The molecular formula is C21H19FN4O3S. The summed E-state index contributed by atoms with van der Waals surface area (Å²) in [5.41, 5.74) is 1.13. The van der Waals surface area contributed by atoms with Crippen LogP contribution >= 0.6 is 11.8 Å². The summed E-state index contributed by atoms with van der Waals surface area (Å²) < 4.78 is 32.3. The van der Waals surface area contributed by atoms with Crippen molar-refractivity contribution in [2.24, 2.45) is 0 Å². The molecule has 4 aromatic rings.